The van der Waals surface area contributed by atoms with Gasteiger partial charge in [-0.3, -0.25) is 0 Å². The van der Waals surface area contributed by atoms with E-state index in [1.165, 1.54) is 4.90 Å². The number of carboxylic acid groups (broad SMARTS) is 1. The number of hydrogen-bond acceptors (Lipinski definition) is 5. The molecule has 0 radical (unpaired) electrons. The van der Waals surface area contributed by atoms with E-state index >= 15 is 0 Å². The summed E-state index contributed by atoms with van der Waals surface area (Å²) in [5.74, 6) is -0.0313. The number of rotatable bonds is 3. The topological polar surface area (TPSA) is 81.6 Å². The first-order valence-corrected chi connectivity index (χ1v) is 9.25. The number of hydrogen-bond donors (Lipinski definition) is 2. The Morgan fingerprint density at radius 3 is 2.62 bits per heavy atom. The second-order valence-corrected chi connectivity index (χ2v) is 7.51. The van der Waals surface area contributed by atoms with Crippen LogP contribution < -0.4 is 10.2 Å². The molecule has 0 unspecified atom stereocenters. The van der Waals surface area contributed by atoms with E-state index in [0.717, 1.165) is 17.7 Å². The van der Waals surface area contributed by atoms with E-state index in [9.17, 15) is 23.1 Å². The SMILES string of the molecule is Cc1cc(N2C[C@H]3C[C@@H]2CN3C(=O)O)ccc1Nc1ncc(C(F)(F)F)c(Cl)n1. The normalized spacial score (nSPS) is 21.0. The van der Waals surface area contributed by atoms with Gasteiger partial charge in [0.2, 0.25) is 5.95 Å². The van der Waals surface area contributed by atoms with Gasteiger partial charge in [-0.1, -0.05) is 11.6 Å². The molecule has 11 heteroatoms. The third-order valence-electron chi connectivity index (χ3n) is 5.32. The van der Waals surface area contributed by atoms with Crippen LogP contribution in [0.1, 0.15) is 17.5 Å². The van der Waals surface area contributed by atoms with Crippen molar-refractivity contribution in [1.29, 1.82) is 0 Å². The lowest BCUT2D eigenvalue weighted by Crippen LogP contribution is -2.48. The molecule has 2 fully saturated rings. The van der Waals surface area contributed by atoms with Crippen molar-refractivity contribution in [3.8, 4) is 0 Å². The molecule has 2 saturated heterocycles. The molecule has 2 N–H and O–H groups in total. The third kappa shape index (κ3) is 3.64. The lowest BCUT2D eigenvalue weighted by Gasteiger charge is -2.34. The molecule has 1 aromatic carbocycles. The Bertz CT molecular complexity index is 971. The predicted octanol–water partition coefficient (Wildman–Crippen LogP) is 4.14. The number of likely N-dealkylation sites (tertiary alicyclic amines) is 1. The minimum Gasteiger partial charge on any atom is -0.465 e. The molecule has 0 aliphatic carbocycles. The average Bonchev–Trinajstić information content (AvgIpc) is 3.23. The number of halogens is 4. The Kier molecular flexibility index (Phi) is 4.68. The van der Waals surface area contributed by atoms with Gasteiger partial charge in [0.05, 0.1) is 6.04 Å². The van der Waals surface area contributed by atoms with Crippen LogP contribution in [0.4, 0.5) is 35.3 Å². The number of carbonyl (C=O) groups is 1. The Labute approximate surface area is 169 Å². The second kappa shape index (κ2) is 6.94. The van der Waals surface area contributed by atoms with Crippen LogP contribution in [0.2, 0.25) is 5.15 Å². The Morgan fingerprint density at radius 2 is 2.07 bits per heavy atom. The number of nitrogens with one attached hydrogen (secondary N) is 1. The van der Waals surface area contributed by atoms with E-state index in [1.54, 1.807) is 6.07 Å². The highest BCUT2D eigenvalue weighted by Crippen LogP contribution is 2.37. The molecule has 2 aliphatic heterocycles. The molecule has 29 heavy (non-hydrogen) atoms. The van der Waals surface area contributed by atoms with E-state index in [4.69, 9.17) is 11.6 Å². The van der Waals surface area contributed by atoms with Crippen LogP contribution in [0.5, 0.6) is 0 Å². The largest absolute Gasteiger partial charge is 0.465 e. The first kappa shape index (κ1) is 19.6. The van der Waals surface area contributed by atoms with Gasteiger partial charge >= 0.3 is 12.3 Å². The minimum absolute atomic E-state index is 0.00158. The highest BCUT2D eigenvalue weighted by atomic mass is 35.5. The van der Waals surface area contributed by atoms with Gasteiger partial charge in [0.15, 0.2) is 0 Å². The summed E-state index contributed by atoms with van der Waals surface area (Å²) in [4.78, 5) is 22.3. The van der Waals surface area contributed by atoms with Crippen molar-refractivity contribution < 1.29 is 23.1 Å². The van der Waals surface area contributed by atoms with Gasteiger partial charge in [-0.05, 0) is 37.1 Å². The number of anilines is 3. The molecule has 4 rings (SSSR count). The van der Waals surface area contributed by atoms with Crippen molar-refractivity contribution in [2.45, 2.75) is 31.6 Å². The molecule has 154 valence electrons. The number of amides is 1. The highest BCUT2D eigenvalue weighted by molar-refractivity contribution is 6.30. The zero-order valence-electron chi connectivity index (χ0n) is 15.2. The number of piperazine rings is 1. The summed E-state index contributed by atoms with van der Waals surface area (Å²) < 4.78 is 38.3. The van der Waals surface area contributed by atoms with Gasteiger partial charge in [0, 0.05) is 36.7 Å². The molecular weight excluding hydrogens is 411 g/mol. The smallest absolute Gasteiger partial charge is 0.420 e. The summed E-state index contributed by atoms with van der Waals surface area (Å²) in [5, 5.41) is 11.4. The Hall–Kier alpha value is -2.75. The van der Waals surface area contributed by atoms with Gasteiger partial charge < -0.3 is 20.2 Å². The monoisotopic (exact) mass is 427 g/mol. The molecule has 2 aliphatic rings. The Balaban J connectivity index is 1.49. The van der Waals surface area contributed by atoms with Gasteiger partial charge in [0.1, 0.15) is 10.7 Å². The van der Waals surface area contributed by atoms with Crippen LogP contribution in [0.25, 0.3) is 0 Å². The number of alkyl halides is 3. The number of fused-ring (bicyclic) bond motifs is 2. The molecule has 0 saturated carbocycles. The highest BCUT2D eigenvalue weighted by Gasteiger charge is 2.45. The summed E-state index contributed by atoms with van der Waals surface area (Å²) >= 11 is 5.64. The van der Waals surface area contributed by atoms with Crippen molar-refractivity contribution in [2.75, 3.05) is 23.3 Å². The van der Waals surface area contributed by atoms with Crippen molar-refractivity contribution in [3.63, 3.8) is 0 Å². The number of benzene rings is 1. The quantitative estimate of drug-likeness (QED) is 0.716. The number of nitrogens with zero attached hydrogens (tertiary/aromatic N) is 4. The molecule has 2 bridgehead atoms. The molecule has 1 amide bonds. The molecule has 1 aromatic heterocycles. The standard InChI is InChI=1S/C18H17ClF3N5O2/c1-9-4-10(26-7-12-5-11(26)8-27(12)17(28)29)2-3-14(9)24-16-23-6-13(15(19)25-16)18(20,21)22/h2-4,6,11-12H,5,7-8H2,1H3,(H,28,29)(H,23,24,25)/t11-,12-/m1/s1. The van der Waals surface area contributed by atoms with Gasteiger partial charge in [0.25, 0.3) is 0 Å². The van der Waals surface area contributed by atoms with Crippen LogP contribution in [0, 0.1) is 6.92 Å². The summed E-state index contributed by atoms with van der Waals surface area (Å²) in [5.41, 5.74) is 1.37. The van der Waals surface area contributed by atoms with Crippen LogP contribution in [-0.2, 0) is 6.18 Å². The maximum atomic E-state index is 12.8. The van der Waals surface area contributed by atoms with Crippen LogP contribution in [-0.4, -0.2) is 51.2 Å². The first-order valence-electron chi connectivity index (χ1n) is 8.87. The third-order valence-corrected chi connectivity index (χ3v) is 5.61. The zero-order valence-corrected chi connectivity index (χ0v) is 16.0. The van der Waals surface area contributed by atoms with Gasteiger partial charge in [-0.15, -0.1) is 0 Å². The fourth-order valence-electron chi connectivity index (χ4n) is 3.92. The van der Waals surface area contributed by atoms with E-state index < -0.39 is 23.0 Å². The van der Waals surface area contributed by atoms with Crippen molar-refractivity contribution in [3.05, 3.63) is 40.7 Å². The van der Waals surface area contributed by atoms with Crippen molar-refractivity contribution in [2.24, 2.45) is 0 Å². The average molecular weight is 428 g/mol. The van der Waals surface area contributed by atoms with Crippen molar-refractivity contribution >= 4 is 35.0 Å². The van der Waals surface area contributed by atoms with Crippen LogP contribution in [0.15, 0.2) is 24.4 Å². The van der Waals surface area contributed by atoms with E-state index in [1.807, 2.05) is 19.1 Å². The fourth-order valence-corrected chi connectivity index (χ4v) is 4.15. The number of aryl methyl sites for hydroxylation is 1. The van der Waals surface area contributed by atoms with Gasteiger partial charge in [-0.25, -0.2) is 14.8 Å². The first-order chi connectivity index (χ1) is 13.6. The minimum atomic E-state index is -4.61. The zero-order chi connectivity index (χ0) is 20.9. The summed E-state index contributed by atoms with van der Waals surface area (Å²) in [6.45, 7) is 2.98. The fraction of sp³-hybridized carbons (Fsp3) is 0.389. The lowest BCUT2D eigenvalue weighted by molar-refractivity contribution is -0.137. The van der Waals surface area contributed by atoms with Gasteiger partial charge in [-0.2, -0.15) is 13.2 Å². The summed E-state index contributed by atoms with van der Waals surface area (Å²) in [7, 11) is 0. The molecule has 3 heterocycles. The van der Waals surface area contributed by atoms with E-state index in [0.29, 0.717) is 25.0 Å². The maximum Gasteiger partial charge on any atom is 0.420 e. The van der Waals surface area contributed by atoms with Crippen LogP contribution in [0.3, 0.4) is 0 Å². The van der Waals surface area contributed by atoms with Crippen molar-refractivity contribution in [1.82, 2.24) is 14.9 Å². The molecular formula is C18H17ClF3N5O2. The predicted molar refractivity (Wildman–Crippen MR) is 101 cm³/mol. The molecule has 0 spiro atoms. The second-order valence-electron chi connectivity index (χ2n) is 7.15. The maximum absolute atomic E-state index is 12.8. The lowest BCUT2D eigenvalue weighted by atomic mass is 10.1. The molecule has 7 nitrogen and oxygen atoms in total. The van der Waals surface area contributed by atoms with Crippen LogP contribution >= 0.6 is 11.6 Å². The van der Waals surface area contributed by atoms with E-state index in [2.05, 4.69) is 20.2 Å². The number of aromatic nitrogens is 2. The summed E-state index contributed by atoms with van der Waals surface area (Å²) in [6.07, 6.45) is -4.04. The summed E-state index contributed by atoms with van der Waals surface area (Å²) in [6, 6.07) is 5.76. The molecule has 2 aromatic rings. The Morgan fingerprint density at radius 1 is 1.31 bits per heavy atom. The van der Waals surface area contributed by atoms with E-state index in [-0.39, 0.29) is 18.0 Å². The molecule has 2 atom stereocenters.